The van der Waals surface area contributed by atoms with Gasteiger partial charge in [-0.1, -0.05) is 18.2 Å². The topological polar surface area (TPSA) is 46.2 Å². The fraction of sp³-hybridized carbons (Fsp3) is 0.0909. The fourth-order valence-electron chi connectivity index (χ4n) is 1.06. The average molecular weight is 347 g/mol. The van der Waals surface area contributed by atoms with E-state index in [4.69, 9.17) is 0 Å². The van der Waals surface area contributed by atoms with Crippen molar-refractivity contribution in [3.05, 3.63) is 39.8 Å². The molecule has 1 aromatic carbocycles. The van der Waals surface area contributed by atoms with Crippen molar-refractivity contribution in [2.75, 3.05) is 5.32 Å². The maximum Gasteiger partial charge on any atom is 0.232 e. The lowest BCUT2D eigenvalue weighted by Gasteiger charge is -2.02. The Bertz CT molecular complexity index is 411. The highest BCUT2D eigenvalue weighted by Crippen LogP contribution is 2.13. The Morgan fingerprint density at radius 3 is 2.38 bits per heavy atom. The number of anilines is 1. The number of para-hydroxylation sites is 1. The van der Waals surface area contributed by atoms with Gasteiger partial charge in [0.2, 0.25) is 5.91 Å². The number of benzene rings is 1. The lowest BCUT2D eigenvalue weighted by molar-refractivity contribution is -0.122. The largest absolute Gasteiger partial charge is 0.326 e. The molecule has 0 heterocycles. The Morgan fingerprint density at radius 1 is 1.19 bits per heavy atom. The Hall–Kier alpha value is -0.940. The number of halogens is 2. The normalized spacial score (nSPS) is 9.38. The summed E-state index contributed by atoms with van der Waals surface area (Å²) in [5.41, 5.74) is 0.683. The number of ketones is 1. The van der Waals surface area contributed by atoms with E-state index in [0.29, 0.717) is 9.08 Å². The van der Waals surface area contributed by atoms with Crippen LogP contribution in [0.3, 0.4) is 0 Å². The van der Waals surface area contributed by atoms with E-state index >= 15 is 0 Å². The first kappa shape index (κ1) is 13.1. The van der Waals surface area contributed by atoms with Gasteiger partial charge in [0.05, 0.1) is 9.81 Å². The second kappa shape index (κ2) is 6.60. The van der Waals surface area contributed by atoms with Crippen LogP contribution >= 0.6 is 31.9 Å². The van der Waals surface area contributed by atoms with Crippen LogP contribution in [0.15, 0.2) is 39.8 Å². The summed E-state index contributed by atoms with van der Waals surface area (Å²) in [6, 6.07) is 9.00. The van der Waals surface area contributed by atoms with Crippen LogP contribution in [0.4, 0.5) is 5.69 Å². The smallest absolute Gasteiger partial charge is 0.232 e. The molecule has 3 nitrogen and oxygen atoms in total. The Balaban J connectivity index is 2.49. The van der Waals surface area contributed by atoms with Crippen LogP contribution in [-0.4, -0.2) is 11.7 Å². The van der Waals surface area contributed by atoms with Gasteiger partial charge in [0, 0.05) is 11.8 Å². The molecule has 5 heteroatoms. The zero-order chi connectivity index (χ0) is 12.0. The van der Waals surface area contributed by atoms with Crippen LogP contribution in [0.2, 0.25) is 0 Å². The fourth-order valence-corrected chi connectivity index (χ4v) is 1.57. The van der Waals surface area contributed by atoms with Gasteiger partial charge < -0.3 is 5.32 Å². The molecule has 1 aromatic rings. The van der Waals surface area contributed by atoms with Gasteiger partial charge in [-0.15, -0.1) is 0 Å². The number of hydrogen-bond acceptors (Lipinski definition) is 2. The predicted molar refractivity (Wildman–Crippen MR) is 70.6 cm³/mol. The van der Waals surface area contributed by atoms with Crippen LogP contribution < -0.4 is 5.32 Å². The maximum atomic E-state index is 11.4. The van der Waals surface area contributed by atoms with E-state index in [9.17, 15) is 9.59 Å². The number of nitrogens with one attached hydrogen (secondary N) is 1. The minimum absolute atomic E-state index is 0.171. The second-order valence-corrected chi connectivity index (χ2v) is 5.76. The molecule has 1 N–H and O–H groups in total. The number of rotatable bonds is 4. The van der Waals surface area contributed by atoms with E-state index in [1.54, 1.807) is 12.1 Å². The van der Waals surface area contributed by atoms with E-state index in [1.165, 1.54) is 6.08 Å². The number of carbonyl (C=O) groups is 2. The van der Waals surface area contributed by atoms with Gasteiger partial charge in [-0.05, 0) is 44.0 Å². The van der Waals surface area contributed by atoms with Crippen molar-refractivity contribution in [1.82, 2.24) is 0 Å². The molecule has 0 bridgehead atoms. The Labute approximate surface area is 110 Å². The van der Waals surface area contributed by atoms with E-state index in [-0.39, 0.29) is 18.1 Å². The maximum absolute atomic E-state index is 11.4. The van der Waals surface area contributed by atoms with Gasteiger partial charge in [0.25, 0.3) is 0 Å². The van der Waals surface area contributed by atoms with Gasteiger partial charge in [-0.2, -0.15) is 0 Å². The Morgan fingerprint density at radius 2 is 1.81 bits per heavy atom. The van der Waals surface area contributed by atoms with Gasteiger partial charge in [0.1, 0.15) is 0 Å². The molecule has 0 aliphatic carbocycles. The van der Waals surface area contributed by atoms with Crippen LogP contribution in [-0.2, 0) is 9.59 Å². The second-order valence-electron chi connectivity index (χ2n) is 2.99. The third-order valence-electron chi connectivity index (χ3n) is 1.66. The molecule has 84 valence electrons. The zero-order valence-electron chi connectivity index (χ0n) is 8.24. The van der Waals surface area contributed by atoms with Crippen LogP contribution in [0.25, 0.3) is 0 Å². The summed E-state index contributed by atoms with van der Waals surface area (Å²) < 4.78 is 0.525. The average Bonchev–Trinajstić information content (AvgIpc) is 2.17. The van der Waals surface area contributed by atoms with Gasteiger partial charge in [-0.3, -0.25) is 9.59 Å². The minimum atomic E-state index is -0.325. The lowest BCUT2D eigenvalue weighted by Crippen LogP contribution is -2.15. The summed E-state index contributed by atoms with van der Waals surface area (Å²) in [6.07, 6.45) is 1.14. The summed E-state index contributed by atoms with van der Waals surface area (Å²) in [5.74, 6) is -0.592. The van der Waals surface area contributed by atoms with Crippen molar-refractivity contribution in [3.63, 3.8) is 0 Å². The molecule has 0 aliphatic heterocycles. The quantitative estimate of drug-likeness (QED) is 0.672. The van der Waals surface area contributed by atoms with Crippen molar-refractivity contribution >= 4 is 49.2 Å². The van der Waals surface area contributed by atoms with Crippen molar-refractivity contribution in [2.24, 2.45) is 0 Å². The van der Waals surface area contributed by atoms with E-state index < -0.39 is 0 Å². The molecule has 1 amide bonds. The van der Waals surface area contributed by atoms with Crippen molar-refractivity contribution in [3.8, 4) is 0 Å². The highest BCUT2D eigenvalue weighted by atomic mass is 79.9. The van der Waals surface area contributed by atoms with E-state index in [1.807, 2.05) is 18.2 Å². The standard InChI is InChI=1S/C11H9Br2NO2/c12-10(13)6-9(15)7-11(16)14-8-4-2-1-3-5-8/h1-6H,7H2,(H,14,16). The molecule has 0 atom stereocenters. The number of hydrogen-bond donors (Lipinski definition) is 1. The van der Waals surface area contributed by atoms with E-state index in [0.717, 1.165) is 0 Å². The molecule has 0 radical (unpaired) electrons. The number of carbonyl (C=O) groups excluding carboxylic acids is 2. The summed E-state index contributed by atoms with van der Waals surface area (Å²) >= 11 is 6.11. The molecule has 0 spiro atoms. The van der Waals surface area contributed by atoms with Crippen molar-refractivity contribution < 1.29 is 9.59 Å². The zero-order valence-corrected chi connectivity index (χ0v) is 11.4. The van der Waals surface area contributed by atoms with Crippen LogP contribution in [0.5, 0.6) is 0 Å². The first-order chi connectivity index (χ1) is 7.58. The molecule has 1 rings (SSSR count). The molecule has 0 saturated carbocycles. The van der Waals surface area contributed by atoms with Crippen LogP contribution in [0.1, 0.15) is 6.42 Å². The number of allylic oxidation sites excluding steroid dienone is 1. The summed E-state index contributed by atoms with van der Waals surface area (Å²) in [6.45, 7) is 0. The van der Waals surface area contributed by atoms with Gasteiger partial charge in [-0.25, -0.2) is 0 Å². The molecule has 0 unspecified atom stereocenters. The third kappa shape index (κ3) is 5.23. The SMILES string of the molecule is O=C(C=C(Br)Br)CC(=O)Nc1ccccc1. The monoisotopic (exact) mass is 345 g/mol. The van der Waals surface area contributed by atoms with Crippen LogP contribution in [0, 0.1) is 0 Å². The molecular weight excluding hydrogens is 338 g/mol. The minimum Gasteiger partial charge on any atom is -0.326 e. The van der Waals surface area contributed by atoms with Crippen molar-refractivity contribution in [1.29, 1.82) is 0 Å². The highest BCUT2D eigenvalue weighted by Gasteiger charge is 2.07. The Kier molecular flexibility index (Phi) is 5.42. The first-order valence-corrected chi connectivity index (χ1v) is 6.07. The molecule has 0 fully saturated rings. The molecule has 0 saturated heterocycles. The van der Waals surface area contributed by atoms with Crippen molar-refractivity contribution in [2.45, 2.75) is 6.42 Å². The third-order valence-corrected chi connectivity index (χ3v) is 2.12. The summed E-state index contributed by atoms with van der Waals surface area (Å²) in [5, 5.41) is 2.63. The van der Waals surface area contributed by atoms with Gasteiger partial charge in [0.15, 0.2) is 5.78 Å². The molecule has 16 heavy (non-hydrogen) atoms. The highest BCUT2D eigenvalue weighted by molar-refractivity contribution is 9.28. The molecule has 0 aliphatic rings. The predicted octanol–water partition coefficient (Wildman–Crippen LogP) is 3.22. The number of amides is 1. The van der Waals surface area contributed by atoms with Gasteiger partial charge >= 0.3 is 0 Å². The first-order valence-electron chi connectivity index (χ1n) is 4.48. The lowest BCUT2D eigenvalue weighted by atomic mass is 10.2. The molecular formula is C11H9Br2NO2. The molecule has 0 aromatic heterocycles. The summed E-state index contributed by atoms with van der Waals surface area (Å²) in [7, 11) is 0. The summed E-state index contributed by atoms with van der Waals surface area (Å²) in [4.78, 5) is 22.7. The van der Waals surface area contributed by atoms with E-state index in [2.05, 4.69) is 37.2 Å².